The number of alkyl carbamates (subject to hydrolysis) is 1. The number of hydrogen-bond acceptors (Lipinski definition) is 5. The molecule has 1 spiro atoms. The van der Waals surface area contributed by atoms with Gasteiger partial charge in [0.15, 0.2) is 0 Å². The Morgan fingerprint density at radius 3 is 2.52 bits per heavy atom. The Kier molecular flexibility index (Phi) is 9.21. The standard InChI is InChI=1S/C24H30BrN3O3S.ClH/c1-31-23(30)26-20(21-3-2-16-32-21)8-12-27-13-9-24(10-14-27)11-15-28(22(24)29)17-18-4-6-19(25)7-5-18;/h2-7,16,20H,8-15,17H2,1H3,(H,26,30);1H. The van der Waals surface area contributed by atoms with Crippen molar-refractivity contribution in [3.63, 3.8) is 0 Å². The van der Waals surface area contributed by atoms with Crippen LogP contribution < -0.4 is 5.32 Å². The Bertz CT molecular complexity index is 918. The molecule has 1 N–H and O–H groups in total. The van der Waals surface area contributed by atoms with Crippen LogP contribution in [0, 0.1) is 5.41 Å². The van der Waals surface area contributed by atoms with Gasteiger partial charge in [-0.15, -0.1) is 23.7 Å². The summed E-state index contributed by atoms with van der Waals surface area (Å²) in [6.45, 7) is 4.28. The first-order chi connectivity index (χ1) is 15.5. The van der Waals surface area contributed by atoms with Crippen LogP contribution in [0.3, 0.4) is 0 Å². The fraction of sp³-hybridized carbons (Fsp3) is 0.500. The predicted molar refractivity (Wildman–Crippen MR) is 137 cm³/mol. The quantitative estimate of drug-likeness (QED) is 0.507. The second kappa shape index (κ2) is 11.7. The molecule has 0 bridgehead atoms. The number of methoxy groups -OCH3 is 1. The fourth-order valence-corrected chi connectivity index (χ4v) is 5.89. The lowest BCUT2D eigenvalue weighted by Gasteiger charge is -2.38. The average molecular weight is 557 g/mol. The van der Waals surface area contributed by atoms with Gasteiger partial charge in [-0.2, -0.15) is 0 Å². The number of piperidine rings is 1. The average Bonchev–Trinajstić information content (AvgIpc) is 3.44. The fourth-order valence-electron chi connectivity index (χ4n) is 4.81. The SMILES string of the molecule is COC(=O)NC(CCN1CCC2(CC1)CCN(Cc1ccc(Br)cc1)C2=O)c1cccs1.Cl. The summed E-state index contributed by atoms with van der Waals surface area (Å²) in [5, 5.41) is 4.98. The molecule has 180 valence electrons. The first-order valence-electron chi connectivity index (χ1n) is 11.1. The minimum Gasteiger partial charge on any atom is -0.453 e. The van der Waals surface area contributed by atoms with Crippen molar-refractivity contribution in [1.29, 1.82) is 0 Å². The minimum absolute atomic E-state index is 0. The summed E-state index contributed by atoms with van der Waals surface area (Å²) >= 11 is 5.12. The maximum absolute atomic E-state index is 13.3. The number of rotatable bonds is 7. The Hall–Kier alpha value is -1.61. The van der Waals surface area contributed by atoms with Crippen molar-refractivity contribution in [2.45, 2.75) is 38.3 Å². The van der Waals surface area contributed by atoms with Crippen LogP contribution in [0.2, 0.25) is 0 Å². The molecule has 2 aliphatic rings. The summed E-state index contributed by atoms with van der Waals surface area (Å²) in [4.78, 5) is 30.6. The van der Waals surface area contributed by atoms with Crippen LogP contribution in [0.4, 0.5) is 4.79 Å². The zero-order valence-electron chi connectivity index (χ0n) is 18.8. The minimum atomic E-state index is -0.400. The number of ether oxygens (including phenoxy) is 1. The van der Waals surface area contributed by atoms with E-state index in [-0.39, 0.29) is 23.9 Å². The normalized spacial score (nSPS) is 18.7. The second-order valence-corrected chi connectivity index (χ2v) is 10.6. The van der Waals surface area contributed by atoms with Crippen LogP contribution in [0.25, 0.3) is 0 Å². The van der Waals surface area contributed by atoms with E-state index in [4.69, 9.17) is 4.74 Å². The van der Waals surface area contributed by atoms with Crippen LogP contribution in [-0.4, -0.2) is 55.1 Å². The molecular formula is C24H31BrClN3O3S. The van der Waals surface area contributed by atoms with Crippen LogP contribution in [0.1, 0.15) is 42.2 Å². The highest BCUT2D eigenvalue weighted by molar-refractivity contribution is 9.10. The van der Waals surface area contributed by atoms with Crippen LogP contribution >= 0.6 is 39.7 Å². The first-order valence-corrected chi connectivity index (χ1v) is 12.8. The molecule has 6 nitrogen and oxygen atoms in total. The van der Waals surface area contributed by atoms with Crippen LogP contribution in [0.15, 0.2) is 46.3 Å². The summed E-state index contributed by atoms with van der Waals surface area (Å²) in [5.74, 6) is 0.323. The number of carbonyl (C=O) groups excluding carboxylic acids is 2. The van der Waals surface area contributed by atoms with E-state index in [9.17, 15) is 9.59 Å². The number of likely N-dealkylation sites (tertiary alicyclic amines) is 2. The van der Waals surface area contributed by atoms with Gasteiger partial charge in [0.2, 0.25) is 5.91 Å². The highest BCUT2D eigenvalue weighted by Crippen LogP contribution is 2.42. The number of nitrogens with one attached hydrogen (secondary N) is 1. The summed E-state index contributed by atoms with van der Waals surface area (Å²) in [6, 6.07) is 12.2. The van der Waals surface area contributed by atoms with Gasteiger partial charge < -0.3 is 19.9 Å². The lowest BCUT2D eigenvalue weighted by atomic mass is 9.77. The third-order valence-corrected chi connectivity index (χ3v) is 8.31. The molecule has 1 aromatic heterocycles. The molecule has 3 heterocycles. The van der Waals surface area contributed by atoms with Gasteiger partial charge in [-0.25, -0.2) is 4.79 Å². The summed E-state index contributed by atoms with van der Waals surface area (Å²) in [6.07, 6.45) is 3.21. The molecule has 2 fully saturated rings. The number of benzene rings is 1. The molecule has 1 aromatic carbocycles. The number of carbonyl (C=O) groups is 2. The van der Waals surface area contributed by atoms with Gasteiger partial charge in [-0.1, -0.05) is 34.1 Å². The Balaban J connectivity index is 0.00000306. The molecule has 0 radical (unpaired) electrons. The van der Waals surface area contributed by atoms with Crippen LogP contribution in [0.5, 0.6) is 0 Å². The molecule has 1 unspecified atom stereocenters. The molecule has 0 saturated carbocycles. The molecule has 2 aliphatic heterocycles. The summed E-state index contributed by atoms with van der Waals surface area (Å²) in [7, 11) is 1.39. The first kappa shape index (κ1) is 26.0. The van der Waals surface area contributed by atoms with Crippen LogP contribution in [-0.2, 0) is 16.1 Å². The van der Waals surface area contributed by atoms with Crippen molar-refractivity contribution in [2.75, 3.05) is 33.3 Å². The van der Waals surface area contributed by atoms with Crippen molar-refractivity contribution in [1.82, 2.24) is 15.1 Å². The van der Waals surface area contributed by atoms with E-state index in [0.29, 0.717) is 12.5 Å². The lowest BCUT2D eigenvalue weighted by molar-refractivity contribution is -0.138. The van der Waals surface area contributed by atoms with Crippen molar-refractivity contribution in [3.8, 4) is 0 Å². The van der Waals surface area contributed by atoms with Gasteiger partial charge in [0.25, 0.3) is 0 Å². The van der Waals surface area contributed by atoms with Gasteiger partial charge in [0.05, 0.1) is 18.6 Å². The number of thiophene rings is 1. The van der Waals surface area contributed by atoms with Gasteiger partial charge in [0, 0.05) is 29.0 Å². The maximum Gasteiger partial charge on any atom is 0.407 e. The molecule has 33 heavy (non-hydrogen) atoms. The molecule has 0 aliphatic carbocycles. The third-order valence-electron chi connectivity index (χ3n) is 6.80. The number of amides is 2. The molecule has 2 amide bonds. The number of nitrogens with zero attached hydrogens (tertiary/aromatic N) is 2. The Morgan fingerprint density at radius 2 is 1.88 bits per heavy atom. The molecule has 1 atom stereocenters. The van der Waals surface area contributed by atoms with E-state index in [2.05, 4.69) is 38.3 Å². The Morgan fingerprint density at radius 1 is 1.18 bits per heavy atom. The Labute approximate surface area is 214 Å². The zero-order chi connectivity index (χ0) is 22.6. The van der Waals surface area contributed by atoms with Gasteiger partial charge in [-0.3, -0.25) is 4.79 Å². The highest BCUT2D eigenvalue weighted by atomic mass is 79.9. The molecule has 2 saturated heterocycles. The molecule has 4 rings (SSSR count). The van der Waals surface area contributed by atoms with E-state index < -0.39 is 6.09 Å². The smallest absolute Gasteiger partial charge is 0.407 e. The van der Waals surface area contributed by atoms with Gasteiger partial charge >= 0.3 is 6.09 Å². The number of halogens is 2. The summed E-state index contributed by atoms with van der Waals surface area (Å²) in [5.41, 5.74) is 0.984. The van der Waals surface area contributed by atoms with Crippen molar-refractivity contribution in [2.24, 2.45) is 5.41 Å². The maximum atomic E-state index is 13.3. The topological polar surface area (TPSA) is 61.9 Å². The third kappa shape index (κ3) is 6.29. The highest BCUT2D eigenvalue weighted by Gasteiger charge is 2.47. The lowest BCUT2D eigenvalue weighted by Crippen LogP contribution is -2.45. The van der Waals surface area contributed by atoms with Crippen molar-refractivity contribution in [3.05, 3.63) is 56.7 Å². The van der Waals surface area contributed by atoms with Gasteiger partial charge in [0.1, 0.15) is 0 Å². The van der Waals surface area contributed by atoms with Crippen molar-refractivity contribution >= 4 is 51.7 Å². The molecular weight excluding hydrogens is 526 g/mol. The second-order valence-electron chi connectivity index (χ2n) is 8.72. The summed E-state index contributed by atoms with van der Waals surface area (Å²) < 4.78 is 5.86. The zero-order valence-corrected chi connectivity index (χ0v) is 22.0. The van der Waals surface area contributed by atoms with E-state index in [1.807, 2.05) is 34.5 Å². The van der Waals surface area contributed by atoms with E-state index in [1.165, 1.54) is 12.7 Å². The largest absolute Gasteiger partial charge is 0.453 e. The predicted octanol–water partition coefficient (Wildman–Crippen LogP) is 5.23. The number of hydrogen-bond donors (Lipinski definition) is 1. The molecule has 9 heteroatoms. The molecule has 2 aromatic rings. The van der Waals surface area contributed by atoms with E-state index in [0.717, 1.165) is 61.2 Å². The van der Waals surface area contributed by atoms with Crippen molar-refractivity contribution < 1.29 is 14.3 Å². The van der Waals surface area contributed by atoms with Gasteiger partial charge in [-0.05, 0) is 67.9 Å². The van der Waals surface area contributed by atoms with E-state index in [1.54, 1.807) is 11.3 Å². The van der Waals surface area contributed by atoms with E-state index >= 15 is 0 Å². The monoisotopic (exact) mass is 555 g/mol.